The van der Waals surface area contributed by atoms with E-state index in [-0.39, 0.29) is 5.91 Å². The van der Waals surface area contributed by atoms with E-state index in [1.807, 2.05) is 42.5 Å². The molecule has 1 heterocycles. The molecule has 0 aromatic heterocycles. The first-order valence-corrected chi connectivity index (χ1v) is 12.0. The monoisotopic (exact) mass is 430 g/mol. The Morgan fingerprint density at radius 3 is 2.27 bits per heavy atom. The van der Waals surface area contributed by atoms with Crippen LogP contribution in [0.15, 0.2) is 59.5 Å². The van der Waals surface area contributed by atoms with E-state index in [9.17, 15) is 13.2 Å². The number of amides is 1. The molecule has 1 N–H and O–H groups in total. The number of para-hydroxylation sites is 1. The second-order valence-corrected chi connectivity index (χ2v) is 9.41. The summed E-state index contributed by atoms with van der Waals surface area (Å²) < 4.78 is 32.8. The van der Waals surface area contributed by atoms with Gasteiger partial charge in [-0.2, -0.15) is 4.31 Å². The molecular weight excluding hydrogens is 400 g/mol. The molecule has 0 spiro atoms. The summed E-state index contributed by atoms with van der Waals surface area (Å²) in [5.74, 6) is 0.687. The van der Waals surface area contributed by atoms with Crippen molar-refractivity contribution in [2.45, 2.75) is 43.4 Å². The van der Waals surface area contributed by atoms with Crippen LogP contribution in [0, 0.1) is 0 Å². The summed E-state index contributed by atoms with van der Waals surface area (Å²) in [7, 11) is -3.42. The van der Waals surface area contributed by atoms with Crippen molar-refractivity contribution in [1.29, 1.82) is 0 Å². The molecule has 0 bridgehead atoms. The molecule has 2 aromatic carbocycles. The van der Waals surface area contributed by atoms with Gasteiger partial charge in [0, 0.05) is 19.6 Å². The van der Waals surface area contributed by atoms with Gasteiger partial charge in [-0.3, -0.25) is 4.79 Å². The number of sulfonamides is 1. The van der Waals surface area contributed by atoms with E-state index in [1.165, 1.54) is 0 Å². The van der Waals surface area contributed by atoms with Crippen molar-refractivity contribution < 1.29 is 17.9 Å². The zero-order valence-electron chi connectivity index (χ0n) is 17.3. The number of hydrogen-bond donors (Lipinski definition) is 1. The van der Waals surface area contributed by atoms with Gasteiger partial charge in [-0.05, 0) is 49.1 Å². The van der Waals surface area contributed by atoms with Gasteiger partial charge in [0.15, 0.2) is 0 Å². The summed E-state index contributed by atoms with van der Waals surface area (Å²) in [5, 5.41) is 2.88. The van der Waals surface area contributed by atoms with Crippen molar-refractivity contribution in [1.82, 2.24) is 9.62 Å². The van der Waals surface area contributed by atoms with Crippen LogP contribution in [0.4, 0.5) is 0 Å². The Hall–Kier alpha value is -2.38. The van der Waals surface area contributed by atoms with Gasteiger partial charge in [-0.25, -0.2) is 8.42 Å². The summed E-state index contributed by atoms with van der Waals surface area (Å²) in [4.78, 5) is 12.3. The molecule has 1 amide bonds. The first-order chi connectivity index (χ1) is 14.6. The van der Waals surface area contributed by atoms with Crippen molar-refractivity contribution in [2.24, 2.45) is 0 Å². The third-order valence-electron chi connectivity index (χ3n) is 5.20. The number of nitrogens with zero attached hydrogens (tertiary/aromatic N) is 1. The average molecular weight is 431 g/mol. The number of benzene rings is 2. The van der Waals surface area contributed by atoms with Crippen molar-refractivity contribution >= 4 is 15.9 Å². The van der Waals surface area contributed by atoms with Crippen LogP contribution in [0.1, 0.15) is 37.7 Å². The largest absolute Gasteiger partial charge is 0.493 e. The molecular formula is C23H30N2O4S. The molecule has 1 fully saturated rings. The third kappa shape index (κ3) is 6.57. The van der Waals surface area contributed by atoms with Crippen LogP contribution in [0.3, 0.4) is 0 Å². The molecule has 0 aliphatic carbocycles. The number of hydrogen-bond acceptors (Lipinski definition) is 4. The summed E-state index contributed by atoms with van der Waals surface area (Å²) >= 11 is 0. The topological polar surface area (TPSA) is 75.7 Å². The molecule has 1 aliphatic rings. The van der Waals surface area contributed by atoms with Crippen molar-refractivity contribution in [3.05, 3.63) is 60.2 Å². The van der Waals surface area contributed by atoms with Gasteiger partial charge in [0.25, 0.3) is 0 Å². The van der Waals surface area contributed by atoms with Gasteiger partial charge in [0.1, 0.15) is 5.75 Å². The number of carbonyl (C=O) groups is 1. The van der Waals surface area contributed by atoms with E-state index >= 15 is 0 Å². The quantitative estimate of drug-likeness (QED) is 0.662. The van der Waals surface area contributed by atoms with Crippen LogP contribution in [-0.2, 0) is 21.2 Å². The Morgan fingerprint density at radius 1 is 0.933 bits per heavy atom. The van der Waals surface area contributed by atoms with Gasteiger partial charge < -0.3 is 10.1 Å². The first-order valence-electron chi connectivity index (χ1n) is 10.6. The molecule has 2 aromatic rings. The fraction of sp³-hybridized carbons (Fsp3) is 0.435. The molecule has 3 rings (SSSR count). The lowest BCUT2D eigenvalue weighted by Crippen LogP contribution is -2.31. The number of rotatable bonds is 9. The zero-order chi connectivity index (χ0) is 21.2. The fourth-order valence-electron chi connectivity index (χ4n) is 3.47. The molecule has 162 valence electrons. The molecule has 1 aliphatic heterocycles. The van der Waals surface area contributed by atoms with E-state index in [0.717, 1.165) is 37.0 Å². The lowest BCUT2D eigenvalue weighted by atomic mass is 10.1. The lowest BCUT2D eigenvalue weighted by Gasteiger charge is -2.20. The van der Waals surface area contributed by atoms with E-state index in [0.29, 0.717) is 44.0 Å². The summed E-state index contributed by atoms with van der Waals surface area (Å²) in [6.07, 6.45) is 4.97. The van der Waals surface area contributed by atoms with Crippen molar-refractivity contribution in [3.8, 4) is 5.75 Å². The predicted molar refractivity (Wildman–Crippen MR) is 117 cm³/mol. The van der Waals surface area contributed by atoms with Gasteiger partial charge in [0.2, 0.25) is 15.9 Å². The van der Waals surface area contributed by atoms with Gasteiger partial charge in [-0.1, -0.05) is 43.2 Å². The van der Waals surface area contributed by atoms with Crippen LogP contribution in [0.2, 0.25) is 0 Å². The number of ether oxygens (including phenoxy) is 1. The number of nitrogens with one attached hydrogen (secondary N) is 1. The Kier molecular flexibility index (Phi) is 8.28. The molecule has 0 atom stereocenters. The Labute approximate surface area is 179 Å². The van der Waals surface area contributed by atoms with Gasteiger partial charge in [-0.15, -0.1) is 0 Å². The minimum atomic E-state index is -3.42. The maximum Gasteiger partial charge on any atom is 0.243 e. The maximum absolute atomic E-state index is 12.8. The summed E-state index contributed by atoms with van der Waals surface area (Å²) in [5.41, 5.74) is 0.991. The molecule has 6 nitrogen and oxygen atoms in total. The standard InChI is InChI=1S/C23H30N2O4S/c26-23(15-19-29-21-8-4-3-5-9-21)24-16-14-20-10-12-22(13-11-20)30(27,28)25-17-6-1-2-7-18-25/h3-5,8-13H,1-2,6-7,14-19H2,(H,24,26). The molecule has 1 saturated heterocycles. The van der Waals surface area contributed by atoms with Crippen LogP contribution in [0.25, 0.3) is 0 Å². The minimum Gasteiger partial charge on any atom is -0.493 e. The van der Waals surface area contributed by atoms with E-state index in [4.69, 9.17) is 4.74 Å². The van der Waals surface area contributed by atoms with E-state index in [1.54, 1.807) is 16.4 Å². The summed E-state index contributed by atoms with van der Waals surface area (Å²) in [6.45, 7) is 2.04. The average Bonchev–Trinajstić information content (AvgIpc) is 3.05. The fourth-order valence-corrected chi connectivity index (χ4v) is 4.99. The van der Waals surface area contributed by atoms with E-state index < -0.39 is 10.0 Å². The summed E-state index contributed by atoms with van der Waals surface area (Å²) in [6, 6.07) is 16.4. The molecule has 30 heavy (non-hydrogen) atoms. The van der Waals surface area contributed by atoms with E-state index in [2.05, 4.69) is 5.32 Å². The highest BCUT2D eigenvalue weighted by Gasteiger charge is 2.24. The second-order valence-electron chi connectivity index (χ2n) is 7.47. The smallest absolute Gasteiger partial charge is 0.243 e. The van der Waals surface area contributed by atoms with Crippen LogP contribution in [-0.4, -0.2) is 44.9 Å². The molecule has 0 unspecified atom stereocenters. The first kappa shape index (κ1) is 22.3. The molecule has 0 radical (unpaired) electrons. The third-order valence-corrected chi connectivity index (χ3v) is 7.12. The van der Waals surface area contributed by atoms with Crippen LogP contribution < -0.4 is 10.1 Å². The Balaban J connectivity index is 1.41. The molecule has 0 saturated carbocycles. The predicted octanol–water partition coefficient (Wildman–Crippen LogP) is 3.38. The van der Waals surface area contributed by atoms with Gasteiger partial charge >= 0.3 is 0 Å². The Morgan fingerprint density at radius 2 is 1.60 bits per heavy atom. The highest BCUT2D eigenvalue weighted by molar-refractivity contribution is 7.89. The van der Waals surface area contributed by atoms with Crippen LogP contribution >= 0.6 is 0 Å². The SMILES string of the molecule is O=C(CCOc1ccccc1)NCCc1ccc(S(=O)(=O)N2CCCCCC2)cc1. The van der Waals surface area contributed by atoms with Crippen molar-refractivity contribution in [3.63, 3.8) is 0 Å². The second kappa shape index (κ2) is 11.1. The minimum absolute atomic E-state index is 0.0636. The van der Waals surface area contributed by atoms with Crippen LogP contribution in [0.5, 0.6) is 5.75 Å². The van der Waals surface area contributed by atoms with Crippen molar-refractivity contribution in [2.75, 3.05) is 26.2 Å². The highest BCUT2D eigenvalue weighted by Crippen LogP contribution is 2.20. The zero-order valence-corrected chi connectivity index (χ0v) is 18.1. The normalized spacial score (nSPS) is 15.3. The maximum atomic E-state index is 12.8. The number of carbonyl (C=O) groups excluding carboxylic acids is 1. The Bertz CT molecular complexity index is 891. The molecule has 7 heteroatoms. The van der Waals surface area contributed by atoms with Gasteiger partial charge in [0.05, 0.1) is 17.9 Å². The highest BCUT2D eigenvalue weighted by atomic mass is 32.2. The lowest BCUT2D eigenvalue weighted by molar-refractivity contribution is -0.121.